The normalized spacial score (nSPS) is 18.9. The van der Waals surface area contributed by atoms with E-state index in [4.69, 9.17) is 0 Å². The Labute approximate surface area is 71.9 Å². The molecule has 0 aromatic rings. The molecule has 11 heavy (non-hydrogen) atoms. The molecule has 0 bridgehead atoms. The molecule has 0 amide bonds. The third-order valence-corrected chi connectivity index (χ3v) is 2.50. The maximum absolute atomic E-state index is 3.75. The van der Waals surface area contributed by atoms with Gasteiger partial charge in [0.2, 0.25) is 0 Å². The summed E-state index contributed by atoms with van der Waals surface area (Å²) in [4.78, 5) is 0. The van der Waals surface area contributed by atoms with E-state index in [-0.39, 0.29) is 7.58 Å². The molecule has 0 aromatic heterocycles. The molecule has 0 aliphatic heterocycles. The van der Waals surface area contributed by atoms with E-state index in [1.54, 1.807) is 0 Å². The fourth-order valence-electron chi connectivity index (χ4n) is 1.83. The Morgan fingerprint density at radius 2 is 1.91 bits per heavy atom. The van der Waals surface area contributed by atoms with Crippen molar-refractivity contribution in [1.29, 1.82) is 0 Å². The Bertz CT molecular complexity index is 98.0. The van der Waals surface area contributed by atoms with Crippen LogP contribution in [0.4, 0.5) is 0 Å². The molecule has 0 saturated heterocycles. The van der Waals surface area contributed by atoms with Gasteiger partial charge in [0.05, 0.1) is 0 Å². The first kappa shape index (κ1) is 10.7. The number of hydrogen-bond donors (Lipinski definition) is 1. The number of allylic oxidation sites excluding steroid dienone is 1. The lowest BCUT2D eigenvalue weighted by Gasteiger charge is -2.20. The van der Waals surface area contributed by atoms with Gasteiger partial charge in [0, 0.05) is 1.43 Å². The van der Waals surface area contributed by atoms with E-state index in [2.05, 4.69) is 12.7 Å². The van der Waals surface area contributed by atoms with Crippen molar-refractivity contribution >= 4 is 0 Å². The van der Waals surface area contributed by atoms with Crippen molar-refractivity contribution in [2.45, 2.75) is 44.9 Å². The molecule has 68 valence electrons. The molecule has 1 nitrogen and oxygen atoms in total. The Morgan fingerprint density at radius 1 is 1.27 bits per heavy atom. The first-order valence-corrected chi connectivity index (χ1v) is 4.54. The minimum Gasteiger partial charge on any atom is -0.344 e. The van der Waals surface area contributed by atoms with E-state index in [9.17, 15) is 0 Å². The van der Waals surface area contributed by atoms with Gasteiger partial charge in [-0.25, -0.2) is 0 Å². The molecule has 1 rings (SSSR count). The van der Waals surface area contributed by atoms with Gasteiger partial charge in [0.1, 0.15) is 0 Å². The Kier molecular flexibility index (Phi) is 6.24. The highest BCUT2D eigenvalue weighted by Gasteiger charge is 2.11. The highest BCUT2D eigenvalue weighted by molar-refractivity contribution is 4.72. The smallest absolute Gasteiger partial charge is 0 e. The highest BCUT2D eigenvalue weighted by atomic mass is 14.2. The summed E-state index contributed by atoms with van der Waals surface area (Å²) in [6.45, 7) is 3.75. The molecule has 0 radical (unpaired) electrons. The molecule has 1 heteroatoms. The van der Waals surface area contributed by atoms with E-state index in [1.165, 1.54) is 44.9 Å². The van der Waals surface area contributed by atoms with Crippen molar-refractivity contribution in [1.82, 2.24) is 6.15 Å². The first-order valence-electron chi connectivity index (χ1n) is 4.54. The van der Waals surface area contributed by atoms with Crippen LogP contribution in [0.25, 0.3) is 0 Å². The molecule has 0 heterocycles. The summed E-state index contributed by atoms with van der Waals surface area (Å²) in [5.41, 5.74) is 0. The van der Waals surface area contributed by atoms with Crippen molar-refractivity contribution in [3.63, 3.8) is 0 Å². The van der Waals surface area contributed by atoms with E-state index in [0.717, 1.165) is 5.92 Å². The summed E-state index contributed by atoms with van der Waals surface area (Å²) in [5.74, 6) is 1.03. The quantitative estimate of drug-likeness (QED) is 0.619. The van der Waals surface area contributed by atoms with Crippen LogP contribution in [0.3, 0.4) is 0 Å². The lowest BCUT2D eigenvalue weighted by atomic mass is 9.86. The van der Waals surface area contributed by atoms with Crippen molar-refractivity contribution in [3.05, 3.63) is 12.7 Å². The summed E-state index contributed by atoms with van der Waals surface area (Å²) in [5, 5.41) is 0. The molecule has 1 saturated carbocycles. The van der Waals surface area contributed by atoms with Gasteiger partial charge >= 0.3 is 0 Å². The first-order chi connectivity index (χ1) is 4.93. The van der Waals surface area contributed by atoms with Crippen molar-refractivity contribution < 1.29 is 1.43 Å². The summed E-state index contributed by atoms with van der Waals surface area (Å²) in [6, 6.07) is 0. The average molecular weight is 157 g/mol. The lowest BCUT2D eigenvalue weighted by Crippen LogP contribution is -2.05. The van der Waals surface area contributed by atoms with E-state index in [0.29, 0.717) is 0 Å². The van der Waals surface area contributed by atoms with Crippen molar-refractivity contribution in [2.75, 3.05) is 0 Å². The monoisotopic (exact) mass is 157 g/mol. The third kappa shape index (κ3) is 4.20. The van der Waals surface area contributed by atoms with Gasteiger partial charge in [0.15, 0.2) is 0 Å². The van der Waals surface area contributed by atoms with Crippen molar-refractivity contribution in [2.24, 2.45) is 5.92 Å². The largest absolute Gasteiger partial charge is 0.344 e. The van der Waals surface area contributed by atoms with Crippen LogP contribution in [0.15, 0.2) is 12.7 Å². The summed E-state index contributed by atoms with van der Waals surface area (Å²) < 4.78 is 0. The fraction of sp³-hybridized carbons (Fsp3) is 0.800. The molecule has 0 aromatic carbocycles. The second-order valence-corrected chi connectivity index (χ2v) is 3.37. The molecule has 0 atom stereocenters. The highest BCUT2D eigenvalue weighted by Crippen LogP contribution is 2.27. The summed E-state index contributed by atoms with van der Waals surface area (Å²) >= 11 is 0. The second kappa shape index (κ2) is 6.41. The van der Waals surface area contributed by atoms with Crippen LogP contribution in [0.5, 0.6) is 0 Å². The minimum atomic E-state index is 0. The van der Waals surface area contributed by atoms with Gasteiger partial charge in [-0.15, -0.1) is 6.58 Å². The Hall–Kier alpha value is -0.300. The van der Waals surface area contributed by atoms with Crippen molar-refractivity contribution in [3.8, 4) is 0 Å². The number of rotatable bonds is 3. The molecule has 0 spiro atoms. The fourth-order valence-corrected chi connectivity index (χ4v) is 1.83. The zero-order chi connectivity index (χ0) is 7.23. The molecular formula is C10H23N. The van der Waals surface area contributed by atoms with Crippen LogP contribution in [-0.4, -0.2) is 0 Å². The SMILES string of the molecule is C=CCCC1CCCCC1.N.[HH]. The molecular weight excluding hydrogens is 134 g/mol. The van der Waals surface area contributed by atoms with Gasteiger partial charge in [-0.2, -0.15) is 0 Å². The minimum absolute atomic E-state index is 0. The zero-order valence-corrected chi connectivity index (χ0v) is 7.52. The Morgan fingerprint density at radius 3 is 2.45 bits per heavy atom. The maximum Gasteiger partial charge on any atom is 0 e. The van der Waals surface area contributed by atoms with E-state index >= 15 is 0 Å². The van der Waals surface area contributed by atoms with Gasteiger partial charge in [-0.1, -0.05) is 38.2 Å². The van der Waals surface area contributed by atoms with Crippen LogP contribution in [0.1, 0.15) is 46.4 Å². The number of hydrogen-bond acceptors (Lipinski definition) is 1. The molecule has 0 unspecified atom stereocenters. The van der Waals surface area contributed by atoms with E-state index in [1.807, 2.05) is 0 Å². The third-order valence-electron chi connectivity index (χ3n) is 2.50. The van der Waals surface area contributed by atoms with Crippen LogP contribution >= 0.6 is 0 Å². The average Bonchev–Trinajstić information content (AvgIpc) is 2.03. The summed E-state index contributed by atoms with van der Waals surface area (Å²) in [7, 11) is 0. The lowest BCUT2D eigenvalue weighted by molar-refractivity contribution is 0.341. The van der Waals surface area contributed by atoms with Gasteiger partial charge in [-0.3, -0.25) is 0 Å². The van der Waals surface area contributed by atoms with Crippen LogP contribution in [0, 0.1) is 5.92 Å². The van der Waals surface area contributed by atoms with Crippen LogP contribution in [-0.2, 0) is 0 Å². The van der Waals surface area contributed by atoms with Crippen LogP contribution < -0.4 is 6.15 Å². The molecule has 3 N–H and O–H groups in total. The van der Waals surface area contributed by atoms with E-state index < -0.39 is 0 Å². The van der Waals surface area contributed by atoms with Gasteiger partial charge in [-0.05, 0) is 18.8 Å². The zero-order valence-electron chi connectivity index (χ0n) is 7.52. The topological polar surface area (TPSA) is 35.0 Å². The molecule has 1 aliphatic rings. The molecule has 1 fully saturated rings. The standard InChI is InChI=1S/C10H18.H3N.H2/c1-2-3-7-10-8-5-4-6-9-10;;/h2,10H,1,3-9H2;1H3;1H. The predicted molar refractivity (Wildman–Crippen MR) is 53.1 cm³/mol. The predicted octanol–water partition coefficient (Wildman–Crippen LogP) is 3.94. The Balaban J connectivity index is 0. The maximum atomic E-state index is 3.75. The second-order valence-electron chi connectivity index (χ2n) is 3.37. The van der Waals surface area contributed by atoms with Crippen LogP contribution in [0.2, 0.25) is 0 Å². The van der Waals surface area contributed by atoms with Gasteiger partial charge in [0.25, 0.3) is 0 Å². The van der Waals surface area contributed by atoms with Gasteiger partial charge < -0.3 is 6.15 Å². The molecule has 1 aliphatic carbocycles. The summed E-state index contributed by atoms with van der Waals surface area (Å²) in [6.07, 6.45) is 12.1.